The van der Waals surface area contributed by atoms with Crippen molar-refractivity contribution in [2.24, 2.45) is 17.6 Å². The number of ether oxygens (including phenoxy) is 1. The largest absolute Gasteiger partial charge is 0.378 e. The molecule has 2 rings (SSSR count). The van der Waals surface area contributed by atoms with Gasteiger partial charge in [0.25, 0.3) is 0 Å². The van der Waals surface area contributed by atoms with Crippen molar-refractivity contribution in [3.63, 3.8) is 0 Å². The third-order valence-electron chi connectivity index (χ3n) is 4.39. The Hall–Kier alpha value is -0.610. The van der Waals surface area contributed by atoms with Crippen molar-refractivity contribution in [2.75, 3.05) is 13.2 Å². The molecular weight excluding hydrogens is 228 g/mol. The van der Waals surface area contributed by atoms with Crippen molar-refractivity contribution in [3.8, 4) is 0 Å². The lowest BCUT2D eigenvalue weighted by Gasteiger charge is -2.37. The van der Waals surface area contributed by atoms with Crippen LogP contribution in [0.4, 0.5) is 0 Å². The molecule has 0 saturated heterocycles. The fourth-order valence-corrected chi connectivity index (χ4v) is 3.03. The summed E-state index contributed by atoms with van der Waals surface area (Å²) in [5, 5.41) is 3.16. The van der Waals surface area contributed by atoms with Gasteiger partial charge in [-0.25, -0.2) is 0 Å². The number of carbonyl (C=O) groups excluding carboxylic acids is 1. The van der Waals surface area contributed by atoms with Crippen LogP contribution in [-0.2, 0) is 9.53 Å². The average Bonchev–Trinajstić information content (AvgIpc) is 2.36. The molecule has 0 unspecified atom stereocenters. The van der Waals surface area contributed by atoms with E-state index in [-0.39, 0.29) is 11.8 Å². The van der Waals surface area contributed by atoms with Crippen LogP contribution in [0.2, 0.25) is 0 Å². The predicted molar refractivity (Wildman–Crippen MR) is 71.1 cm³/mol. The Morgan fingerprint density at radius 2 is 1.94 bits per heavy atom. The zero-order chi connectivity index (χ0) is 13.0. The molecule has 0 aliphatic heterocycles. The summed E-state index contributed by atoms with van der Waals surface area (Å²) >= 11 is 0. The Balaban J connectivity index is 1.64. The molecule has 2 saturated carbocycles. The minimum atomic E-state index is 0.221. The molecule has 2 aliphatic rings. The molecule has 0 aromatic heterocycles. The van der Waals surface area contributed by atoms with Crippen molar-refractivity contribution in [3.05, 3.63) is 0 Å². The van der Waals surface area contributed by atoms with Gasteiger partial charge in [-0.2, -0.15) is 0 Å². The maximum absolute atomic E-state index is 12.1. The van der Waals surface area contributed by atoms with Crippen LogP contribution >= 0.6 is 0 Å². The molecule has 0 aromatic carbocycles. The van der Waals surface area contributed by atoms with E-state index in [1.165, 1.54) is 0 Å². The van der Waals surface area contributed by atoms with Gasteiger partial charge in [-0.1, -0.05) is 0 Å². The molecule has 2 aliphatic carbocycles. The van der Waals surface area contributed by atoms with E-state index < -0.39 is 0 Å². The highest BCUT2D eigenvalue weighted by molar-refractivity contribution is 5.79. The second-order valence-corrected chi connectivity index (χ2v) is 5.71. The van der Waals surface area contributed by atoms with Gasteiger partial charge in [0.05, 0.1) is 6.10 Å². The van der Waals surface area contributed by atoms with Crippen LogP contribution in [-0.4, -0.2) is 31.2 Å². The number of carbonyl (C=O) groups is 1. The highest BCUT2D eigenvalue weighted by Crippen LogP contribution is 2.29. The topological polar surface area (TPSA) is 64.3 Å². The molecule has 3 N–H and O–H groups in total. The lowest BCUT2D eigenvalue weighted by atomic mass is 9.81. The number of rotatable bonds is 5. The lowest BCUT2D eigenvalue weighted by molar-refractivity contribution is -0.128. The van der Waals surface area contributed by atoms with Gasteiger partial charge in [-0.05, 0) is 57.9 Å². The van der Waals surface area contributed by atoms with Gasteiger partial charge in [-0.3, -0.25) is 4.79 Å². The molecular formula is C14H26N2O2. The minimum Gasteiger partial charge on any atom is -0.378 e. The second kappa shape index (κ2) is 6.53. The fraction of sp³-hybridized carbons (Fsp3) is 0.929. The van der Waals surface area contributed by atoms with Gasteiger partial charge in [-0.15, -0.1) is 0 Å². The molecule has 0 radical (unpaired) electrons. The highest BCUT2D eigenvalue weighted by Gasteiger charge is 2.33. The molecule has 0 heterocycles. The standard InChI is InChI=1S/C14H26N2O2/c1-2-18-13-7-12(8-13)16-14(17)11-5-3-10(9-15)4-6-11/h10-13H,2-9,15H2,1H3,(H,16,17). The summed E-state index contributed by atoms with van der Waals surface area (Å²) in [7, 11) is 0. The first-order chi connectivity index (χ1) is 8.72. The minimum absolute atomic E-state index is 0.221. The van der Waals surface area contributed by atoms with Crippen LogP contribution in [0.15, 0.2) is 0 Å². The van der Waals surface area contributed by atoms with Crippen LogP contribution < -0.4 is 11.1 Å². The van der Waals surface area contributed by atoms with Gasteiger partial charge in [0.15, 0.2) is 0 Å². The number of nitrogens with one attached hydrogen (secondary N) is 1. The van der Waals surface area contributed by atoms with Crippen molar-refractivity contribution >= 4 is 5.91 Å². The van der Waals surface area contributed by atoms with E-state index in [9.17, 15) is 4.79 Å². The summed E-state index contributed by atoms with van der Waals surface area (Å²) in [6.45, 7) is 3.56. The number of hydrogen-bond donors (Lipinski definition) is 2. The molecule has 18 heavy (non-hydrogen) atoms. The molecule has 104 valence electrons. The van der Waals surface area contributed by atoms with E-state index in [2.05, 4.69) is 5.32 Å². The van der Waals surface area contributed by atoms with E-state index in [1.54, 1.807) is 0 Å². The van der Waals surface area contributed by atoms with E-state index in [0.717, 1.165) is 51.7 Å². The third kappa shape index (κ3) is 3.45. The van der Waals surface area contributed by atoms with Crippen molar-refractivity contribution in [2.45, 2.75) is 57.6 Å². The third-order valence-corrected chi connectivity index (χ3v) is 4.39. The van der Waals surface area contributed by atoms with Gasteiger partial charge < -0.3 is 15.8 Å². The van der Waals surface area contributed by atoms with E-state index >= 15 is 0 Å². The maximum atomic E-state index is 12.1. The molecule has 0 aromatic rings. The first-order valence-corrected chi connectivity index (χ1v) is 7.35. The summed E-state index contributed by atoms with van der Waals surface area (Å²) in [5.74, 6) is 1.12. The van der Waals surface area contributed by atoms with E-state index in [0.29, 0.717) is 18.1 Å². The molecule has 0 atom stereocenters. The van der Waals surface area contributed by atoms with Gasteiger partial charge in [0.2, 0.25) is 5.91 Å². The van der Waals surface area contributed by atoms with Gasteiger partial charge in [0.1, 0.15) is 0 Å². The zero-order valence-corrected chi connectivity index (χ0v) is 11.4. The van der Waals surface area contributed by atoms with Crippen molar-refractivity contribution < 1.29 is 9.53 Å². The Morgan fingerprint density at radius 1 is 1.28 bits per heavy atom. The number of nitrogens with two attached hydrogens (primary N) is 1. The van der Waals surface area contributed by atoms with Crippen LogP contribution in [0.25, 0.3) is 0 Å². The average molecular weight is 254 g/mol. The Kier molecular flexibility index (Phi) is 5.01. The normalized spacial score (nSPS) is 35.9. The van der Waals surface area contributed by atoms with E-state index in [4.69, 9.17) is 10.5 Å². The summed E-state index contributed by atoms with van der Waals surface area (Å²) < 4.78 is 5.50. The summed E-state index contributed by atoms with van der Waals surface area (Å²) in [4.78, 5) is 12.1. The summed E-state index contributed by atoms with van der Waals surface area (Å²) in [5.41, 5.74) is 5.67. The second-order valence-electron chi connectivity index (χ2n) is 5.71. The zero-order valence-electron chi connectivity index (χ0n) is 11.4. The number of hydrogen-bond acceptors (Lipinski definition) is 3. The van der Waals surface area contributed by atoms with Crippen LogP contribution in [0.5, 0.6) is 0 Å². The summed E-state index contributed by atoms with van der Waals surface area (Å²) in [6, 6.07) is 0.348. The first-order valence-electron chi connectivity index (χ1n) is 7.35. The molecule has 0 bridgehead atoms. The van der Waals surface area contributed by atoms with Crippen LogP contribution in [0.1, 0.15) is 45.4 Å². The lowest BCUT2D eigenvalue weighted by Crippen LogP contribution is -2.49. The first kappa shape index (κ1) is 13.8. The molecule has 4 heteroatoms. The Morgan fingerprint density at radius 3 is 2.50 bits per heavy atom. The monoisotopic (exact) mass is 254 g/mol. The van der Waals surface area contributed by atoms with Gasteiger partial charge >= 0.3 is 0 Å². The van der Waals surface area contributed by atoms with Crippen molar-refractivity contribution in [1.82, 2.24) is 5.32 Å². The maximum Gasteiger partial charge on any atom is 0.223 e. The van der Waals surface area contributed by atoms with Gasteiger partial charge in [0, 0.05) is 18.6 Å². The van der Waals surface area contributed by atoms with E-state index in [1.807, 2.05) is 6.92 Å². The smallest absolute Gasteiger partial charge is 0.223 e. The van der Waals surface area contributed by atoms with Crippen LogP contribution in [0, 0.1) is 11.8 Å². The fourth-order valence-electron chi connectivity index (χ4n) is 3.03. The molecule has 2 fully saturated rings. The predicted octanol–water partition coefficient (Wildman–Crippen LogP) is 1.44. The molecule has 4 nitrogen and oxygen atoms in total. The van der Waals surface area contributed by atoms with Crippen molar-refractivity contribution in [1.29, 1.82) is 0 Å². The highest BCUT2D eigenvalue weighted by atomic mass is 16.5. The SMILES string of the molecule is CCOC1CC(NC(=O)C2CCC(CN)CC2)C1. The quantitative estimate of drug-likeness (QED) is 0.780. The Labute approximate surface area is 110 Å². The summed E-state index contributed by atoms with van der Waals surface area (Å²) in [6.07, 6.45) is 6.58. The number of amides is 1. The molecule has 0 spiro atoms. The van der Waals surface area contributed by atoms with Crippen LogP contribution in [0.3, 0.4) is 0 Å². The Bertz CT molecular complexity index is 269. The molecule has 1 amide bonds.